The van der Waals surface area contributed by atoms with E-state index < -0.39 is 11.4 Å². The molecule has 0 radical (unpaired) electrons. The molecule has 0 saturated carbocycles. The third kappa shape index (κ3) is 3.71. The third-order valence-electron chi connectivity index (χ3n) is 4.43. The lowest BCUT2D eigenvalue weighted by atomic mass is 9.76. The second-order valence-electron chi connectivity index (χ2n) is 5.99. The number of hydrogen-bond acceptors (Lipinski definition) is 2. The lowest BCUT2D eigenvalue weighted by molar-refractivity contribution is -0.151. The zero-order valence-corrected chi connectivity index (χ0v) is 12.4. The Morgan fingerprint density at radius 1 is 1.26 bits per heavy atom. The van der Waals surface area contributed by atoms with Crippen LogP contribution in [0, 0.1) is 11.3 Å². The monoisotopic (exact) mass is 269 g/mol. The minimum Gasteiger partial charge on any atom is -0.481 e. The van der Waals surface area contributed by atoms with E-state index in [-0.39, 0.29) is 11.8 Å². The molecule has 1 N–H and O–H groups in total. The zero-order valence-electron chi connectivity index (χ0n) is 12.4. The number of likely N-dealkylation sites (tertiary alicyclic amines) is 1. The number of aliphatic carboxylic acids is 1. The van der Waals surface area contributed by atoms with Gasteiger partial charge in [0, 0.05) is 19.5 Å². The molecule has 1 heterocycles. The fraction of sp³-hybridized carbons (Fsp3) is 0.867. The molecule has 4 heteroatoms. The quantitative estimate of drug-likeness (QED) is 0.723. The van der Waals surface area contributed by atoms with Crippen molar-refractivity contribution >= 4 is 11.9 Å². The predicted octanol–water partition coefficient (Wildman–Crippen LogP) is 2.92. The fourth-order valence-electron chi connectivity index (χ4n) is 2.80. The zero-order chi connectivity index (χ0) is 14.5. The largest absolute Gasteiger partial charge is 0.481 e. The van der Waals surface area contributed by atoms with Crippen molar-refractivity contribution in [2.75, 3.05) is 13.1 Å². The van der Waals surface area contributed by atoms with Crippen LogP contribution in [0.3, 0.4) is 0 Å². The average Bonchev–Trinajstić information content (AvgIpc) is 2.81. The molecule has 1 rings (SSSR count). The molecule has 110 valence electrons. The Hall–Kier alpha value is -1.06. The van der Waals surface area contributed by atoms with Crippen molar-refractivity contribution in [1.29, 1.82) is 0 Å². The van der Waals surface area contributed by atoms with E-state index in [4.69, 9.17) is 0 Å². The van der Waals surface area contributed by atoms with E-state index in [1.54, 1.807) is 4.90 Å². The molecule has 0 aromatic rings. The van der Waals surface area contributed by atoms with Gasteiger partial charge in [-0.3, -0.25) is 9.59 Å². The summed E-state index contributed by atoms with van der Waals surface area (Å²) in [4.78, 5) is 25.3. The van der Waals surface area contributed by atoms with Crippen molar-refractivity contribution in [3.63, 3.8) is 0 Å². The molecule has 0 aliphatic carbocycles. The molecule has 1 saturated heterocycles. The second kappa shape index (κ2) is 6.92. The highest BCUT2D eigenvalue weighted by molar-refractivity contribution is 5.80. The van der Waals surface area contributed by atoms with E-state index in [9.17, 15) is 14.7 Å². The molecule has 4 nitrogen and oxygen atoms in total. The summed E-state index contributed by atoms with van der Waals surface area (Å²) in [6, 6.07) is 0. The van der Waals surface area contributed by atoms with E-state index in [1.807, 2.05) is 13.8 Å². The van der Waals surface area contributed by atoms with Gasteiger partial charge in [0.25, 0.3) is 0 Å². The van der Waals surface area contributed by atoms with Crippen LogP contribution in [0.5, 0.6) is 0 Å². The first-order valence-corrected chi connectivity index (χ1v) is 7.45. The number of rotatable bonds is 7. The van der Waals surface area contributed by atoms with Gasteiger partial charge in [-0.15, -0.1) is 0 Å². The van der Waals surface area contributed by atoms with Crippen molar-refractivity contribution < 1.29 is 14.7 Å². The van der Waals surface area contributed by atoms with Gasteiger partial charge in [-0.2, -0.15) is 0 Å². The van der Waals surface area contributed by atoms with Crippen molar-refractivity contribution in [2.45, 2.75) is 59.3 Å². The van der Waals surface area contributed by atoms with Gasteiger partial charge < -0.3 is 10.0 Å². The number of carboxylic acids is 1. The number of unbranched alkanes of at least 4 members (excludes halogenated alkanes) is 3. The number of hydrogen-bond donors (Lipinski definition) is 1. The predicted molar refractivity (Wildman–Crippen MR) is 74.9 cm³/mol. The number of carbonyl (C=O) groups excluding carboxylic acids is 1. The Bertz CT molecular complexity index is 327. The van der Waals surface area contributed by atoms with Gasteiger partial charge >= 0.3 is 5.97 Å². The number of amides is 1. The maximum atomic E-state index is 12.1. The molecule has 1 atom stereocenters. The van der Waals surface area contributed by atoms with Gasteiger partial charge in [0.15, 0.2) is 0 Å². The Morgan fingerprint density at radius 2 is 1.95 bits per heavy atom. The SMILES string of the molecule is CCCCCCC(=O)N1CCC(C(=O)O)(C(C)C)C1. The molecule has 1 unspecified atom stereocenters. The van der Waals surface area contributed by atoms with Crippen LogP contribution < -0.4 is 0 Å². The second-order valence-corrected chi connectivity index (χ2v) is 5.99. The average molecular weight is 269 g/mol. The summed E-state index contributed by atoms with van der Waals surface area (Å²) in [6.07, 6.45) is 5.48. The summed E-state index contributed by atoms with van der Waals surface area (Å²) in [5, 5.41) is 9.44. The molecule has 1 aliphatic rings. The highest BCUT2D eigenvalue weighted by atomic mass is 16.4. The molecule has 1 aliphatic heterocycles. The summed E-state index contributed by atoms with van der Waals surface area (Å²) < 4.78 is 0. The van der Waals surface area contributed by atoms with Crippen molar-refractivity contribution in [2.24, 2.45) is 11.3 Å². The fourth-order valence-corrected chi connectivity index (χ4v) is 2.80. The molecule has 0 aromatic carbocycles. The number of carbonyl (C=O) groups is 2. The molecule has 0 bridgehead atoms. The topological polar surface area (TPSA) is 57.6 Å². The van der Waals surface area contributed by atoms with Crippen LogP contribution in [0.4, 0.5) is 0 Å². The van der Waals surface area contributed by atoms with Gasteiger partial charge in [0.2, 0.25) is 5.91 Å². The lowest BCUT2D eigenvalue weighted by Crippen LogP contribution is -2.40. The third-order valence-corrected chi connectivity index (χ3v) is 4.43. The summed E-state index contributed by atoms with van der Waals surface area (Å²) in [7, 11) is 0. The Labute approximate surface area is 116 Å². The smallest absolute Gasteiger partial charge is 0.311 e. The van der Waals surface area contributed by atoms with Crippen LogP contribution >= 0.6 is 0 Å². The van der Waals surface area contributed by atoms with E-state index in [0.717, 1.165) is 19.3 Å². The number of nitrogens with zero attached hydrogens (tertiary/aromatic N) is 1. The lowest BCUT2D eigenvalue weighted by Gasteiger charge is -2.28. The maximum absolute atomic E-state index is 12.1. The van der Waals surface area contributed by atoms with Gasteiger partial charge in [-0.1, -0.05) is 40.0 Å². The standard InChI is InChI=1S/C15H27NO3/c1-4-5-6-7-8-13(17)16-10-9-15(11-16,12(2)3)14(18)19/h12H,4-11H2,1-3H3,(H,18,19). The van der Waals surface area contributed by atoms with Crippen molar-refractivity contribution in [3.05, 3.63) is 0 Å². The molecular weight excluding hydrogens is 242 g/mol. The van der Waals surface area contributed by atoms with Crippen molar-refractivity contribution in [3.8, 4) is 0 Å². The summed E-state index contributed by atoms with van der Waals surface area (Å²) in [6.45, 7) is 6.99. The van der Waals surface area contributed by atoms with Crippen LogP contribution in [-0.4, -0.2) is 35.0 Å². The van der Waals surface area contributed by atoms with Gasteiger partial charge in [0.1, 0.15) is 0 Å². The summed E-state index contributed by atoms with van der Waals surface area (Å²) in [5.74, 6) is -0.577. The van der Waals surface area contributed by atoms with Gasteiger partial charge in [0.05, 0.1) is 5.41 Å². The minimum absolute atomic E-state index is 0.0582. The van der Waals surface area contributed by atoms with Crippen LogP contribution in [0.1, 0.15) is 59.3 Å². The highest BCUT2D eigenvalue weighted by Crippen LogP contribution is 2.38. The highest BCUT2D eigenvalue weighted by Gasteiger charge is 2.48. The van der Waals surface area contributed by atoms with Gasteiger partial charge in [-0.05, 0) is 18.8 Å². The first-order valence-electron chi connectivity index (χ1n) is 7.45. The molecular formula is C15H27NO3. The first kappa shape index (κ1) is 16.0. The van der Waals surface area contributed by atoms with Crippen LogP contribution in [-0.2, 0) is 9.59 Å². The number of carboxylic acid groups (broad SMARTS) is 1. The molecule has 1 amide bonds. The Kier molecular flexibility index (Phi) is 5.83. The van der Waals surface area contributed by atoms with Crippen LogP contribution in [0.15, 0.2) is 0 Å². The molecule has 0 spiro atoms. The molecule has 1 fully saturated rings. The van der Waals surface area contributed by atoms with E-state index >= 15 is 0 Å². The van der Waals surface area contributed by atoms with E-state index in [1.165, 1.54) is 6.42 Å². The van der Waals surface area contributed by atoms with Crippen LogP contribution in [0.25, 0.3) is 0 Å². The van der Waals surface area contributed by atoms with E-state index in [0.29, 0.717) is 25.9 Å². The minimum atomic E-state index is -0.760. The van der Waals surface area contributed by atoms with E-state index in [2.05, 4.69) is 6.92 Å². The Morgan fingerprint density at radius 3 is 2.42 bits per heavy atom. The van der Waals surface area contributed by atoms with Crippen LogP contribution in [0.2, 0.25) is 0 Å². The maximum Gasteiger partial charge on any atom is 0.311 e. The normalized spacial score (nSPS) is 23.1. The Balaban J connectivity index is 2.50. The van der Waals surface area contributed by atoms with Gasteiger partial charge in [-0.25, -0.2) is 0 Å². The molecule has 0 aromatic heterocycles. The summed E-state index contributed by atoms with van der Waals surface area (Å²) >= 11 is 0. The molecule has 19 heavy (non-hydrogen) atoms. The van der Waals surface area contributed by atoms with Crippen molar-refractivity contribution in [1.82, 2.24) is 4.90 Å². The first-order chi connectivity index (χ1) is 8.94. The summed E-state index contributed by atoms with van der Waals surface area (Å²) in [5.41, 5.74) is -0.737.